The van der Waals surface area contributed by atoms with Gasteiger partial charge in [0.05, 0.1) is 0 Å². The Morgan fingerprint density at radius 1 is 1.21 bits per heavy atom. The predicted molar refractivity (Wildman–Crippen MR) is 96.8 cm³/mol. The number of benzene rings is 1. The van der Waals surface area contributed by atoms with E-state index in [1.807, 2.05) is 12.1 Å². The van der Waals surface area contributed by atoms with Crippen LogP contribution in [0, 0.1) is 11.8 Å². The molecule has 0 fully saturated rings. The Labute approximate surface area is 145 Å². The molecule has 2 rings (SSSR count). The van der Waals surface area contributed by atoms with Crippen LogP contribution in [-0.2, 0) is 17.6 Å². The number of carbonyl (C=O) groups is 2. The fraction of sp³-hybridized carbons (Fsp3) is 0.600. The summed E-state index contributed by atoms with van der Waals surface area (Å²) in [4.78, 5) is 23.6. The Morgan fingerprint density at radius 3 is 2.71 bits per heavy atom. The molecular formula is C20H30N2O2. The highest BCUT2D eigenvalue weighted by atomic mass is 16.2. The molecule has 4 nitrogen and oxygen atoms in total. The summed E-state index contributed by atoms with van der Waals surface area (Å²) in [5.74, 6) is 0.586. The van der Waals surface area contributed by atoms with Crippen molar-refractivity contribution in [3.8, 4) is 0 Å². The summed E-state index contributed by atoms with van der Waals surface area (Å²) in [5, 5.41) is 3.09. The largest absolute Gasteiger partial charge is 0.366 e. The first-order valence-electron chi connectivity index (χ1n) is 9.16. The molecule has 1 aromatic rings. The number of rotatable bonds is 8. The molecule has 0 heterocycles. The van der Waals surface area contributed by atoms with Crippen LogP contribution in [0.1, 0.15) is 67.4 Å². The van der Waals surface area contributed by atoms with E-state index in [1.54, 1.807) is 6.07 Å². The molecule has 4 heteroatoms. The van der Waals surface area contributed by atoms with Gasteiger partial charge in [-0.2, -0.15) is 0 Å². The second-order valence-corrected chi connectivity index (χ2v) is 7.32. The van der Waals surface area contributed by atoms with Crippen molar-refractivity contribution in [1.82, 2.24) is 5.32 Å². The van der Waals surface area contributed by atoms with E-state index in [0.29, 0.717) is 5.56 Å². The molecule has 1 atom stereocenters. The minimum atomic E-state index is -0.393. The topological polar surface area (TPSA) is 72.2 Å². The Morgan fingerprint density at radius 2 is 2.00 bits per heavy atom. The zero-order valence-electron chi connectivity index (χ0n) is 14.9. The van der Waals surface area contributed by atoms with Crippen LogP contribution < -0.4 is 11.1 Å². The highest BCUT2D eigenvalue weighted by Gasteiger charge is 2.24. The third kappa shape index (κ3) is 5.36. The fourth-order valence-electron chi connectivity index (χ4n) is 3.34. The van der Waals surface area contributed by atoms with Gasteiger partial charge >= 0.3 is 0 Å². The van der Waals surface area contributed by atoms with Crippen molar-refractivity contribution in [3.63, 3.8) is 0 Å². The summed E-state index contributed by atoms with van der Waals surface area (Å²) < 4.78 is 0. The van der Waals surface area contributed by atoms with E-state index >= 15 is 0 Å². The number of nitrogens with one attached hydrogen (secondary N) is 1. The minimum Gasteiger partial charge on any atom is -0.366 e. The summed E-state index contributed by atoms with van der Waals surface area (Å²) in [6.45, 7) is 5.27. The van der Waals surface area contributed by atoms with Gasteiger partial charge in [-0.1, -0.05) is 39.2 Å². The predicted octanol–water partition coefficient (Wildman–Crippen LogP) is 3.22. The van der Waals surface area contributed by atoms with Gasteiger partial charge in [0.25, 0.3) is 0 Å². The number of unbranched alkanes of at least 4 members (excludes halogenated alkanes) is 2. The van der Waals surface area contributed by atoms with E-state index in [-0.39, 0.29) is 11.8 Å². The Balaban J connectivity index is 1.76. The van der Waals surface area contributed by atoms with Crippen molar-refractivity contribution in [2.24, 2.45) is 17.6 Å². The summed E-state index contributed by atoms with van der Waals surface area (Å²) in [6, 6.07) is 5.58. The maximum Gasteiger partial charge on any atom is 0.248 e. The second-order valence-electron chi connectivity index (χ2n) is 7.32. The second kappa shape index (κ2) is 8.86. The van der Waals surface area contributed by atoms with Crippen LogP contribution in [0.5, 0.6) is 0 Å². The molecule has 0 radical (unpaired) electrons. The van der Waals surface area contributed by atoms with E-state index in [9.17, 15) is 9.59 Å². The Kier molecular flexibility index (Phi) is 6.83. The van der Waals surface area contributed by atoms with Crippen LogP contribution in [0.4, 0.5) is 0 Å². The van der Waals surface area contributed by atoms with Gasteiger partial charge in [-0.25, -0.2) is 0 Å². The van der Waals surface area contributed by atoms with Crippen LogP contribution in [-0.4, -0.2) is 18.4 Å². The molecule has 132 valence electrons. The fourth-order valence-corrected chi connectivity index (χ4v) is 3.34. The number of primary amides is 1. The van der Waals surface area contributed by atoms with Gasteiger partial charge in [0, 0.05) is 18.0 Å². The smallest absolute Gasteiger partial charge is 0.248 e. The molecule has 24 heavy (non-hydrogen) atoms. The minimum absolute atomic E-state index is 0.0487. The third-order valence-corrected chi connectivity index (χ3v) is 4.85. The number of fused-ring (bicyclic) bond motifs is 1. The highest BCUT2D eigenvalue weighted by Crippen LogP contribution is 2.26. The first-order valence-corrected chi connectivity index (χ1v) is 9.16. The summed E-state index contributed by atoms with van der Waals surface area (Å²) in [5.41, 5.74) is 8.21. The summed E-state index contributed by atoms with van der Waals surface area (Å²) in [6.07, 6.45) is 7.18. The van der Waals surface area contributed by atoms with Gasteiger partial charge in [0.15, 0.2) is 0 Å². The number of carbonyl (C=O) groups excluding carboxylic acids is 2. The molecular weight excluding hydrogens is 300 g/mol. The van der Waals surface area contributed by atoms with Gasteiger partial charge in [0.2, 0.25) is 11.8 Å². The number of hydrogen-bond acceptors (Lipinski definition) is 2. The molecule has 0 aliphatic heterocycles. The average Bonchev–Trinajstić information content (AvgIpc) is 2.56. The Bertz CT molecular complexity index is 581. The molecule has 1 aliphatic carbocycles. The van der Waals surface area contributed by atoms with E-state index < -0.39 is 5.91 Å². The van der Waals surface area contributed by atoms with Gasteiger partial charge in [0.1, 0.15) is 0 Å². The van der Waals surface area contributed by atoms with Crippen LogP contribution in [0.25, 0.3) is 0 Å². The quantitative estimate of drug-likeness (QED) is 0.718. The zero-order valence-corrected chi connectivity index (χ0v) is 14.9. The van der Waals surface area contributed by atoms with Crippen LogP contribution in [0.15, 0.2) is 18.2 Å². The zero-order chi connectivity index (χ0) is 17.5. The molecule has 2 amide bonds. The summed E-state index contributed by atoms with van der Waals surface area (Å²) >= 11 is 0. The number of nitrogens with two attached hydrogens (primary N) is 1. The lowest BCUT2D eigenvalue weighted by Crippen LogP contribution is -2.34. The van der Waals surface area contributed by atoms with E-state index in [4.69, 9.17) is 5.73 Å². The molecule has 1 unspecified atom stereocenters. The molecule has 0 bridgehead atoms. The van der Waals surface area contributed by atoms with Crippen LogP contribution >= 0.6 is 0 Å². The first-order chi connectivity index (χ1) is 11.5. The molecule has 1 aliphatic rings. The molecule has 3 N–H and O–H groups in total. The van der Waals surface area contributed by atoms with Crippen LogP contribution in [0.3, 0.4) is 0 Å². The van der Waals surface area contributed by atoms with Gasteiger partial charge in [-0.05, 0) is 54.9 Å². The molecule has 0 saturated carbocycles. The lowest BCUT2D eigenvalue weighted by atomic mass is 9.82. The van der Waals surface area contributed by atoms with E-state index in [1.165, 1.54) is 24.8 Å². The number of amides is 2. The maximum absolute atomic E-state index is 12.3. The maximum atomic E-state index is 12.3. The van der Waals surface area contributed by atoms with Crippen molar-refractivity contribution in [3.05, 3.63) is 34.9 Å². The Hall–Kier alpha value is -1.84. The van der Waals surface area contributed by atoms with Crippen molar-refractivity contribution in [2.45, 2.75) is 58.8 Å². The van der Waals surface area contributed by atoms with Crippen molar-refractivity contribution in [1.29, 1.82) is 0 Å². The van der Waals surface area contributed by atoms with Crippen molar-refractivity contribution < 1.29 is 9.59 Å². The lowest BCUT2D eigenvalue weighted by Gasteiger charge is -2.24. The molecule has 0 saturated heterocycles. The summed E-state index contributed by atoms with van der Waals surface area (Å²) in [7, 11) is 0. The number of hydrogen-bond donors (Lipinski definition) is 2. The van der Waals surface area contributed by atoms with Crippen molar-refractivity contribution in [2.75, 3.05) is 6.54 Å². The molecule has 0 spiro atoms. The standard InChI is InChI=1S/C20H30N2O2/c1-14(2)6-4-3-5-11-22-20(24)18-10-8-15-12-17(19(21)23)9-7-16(15)13-18/h7,9,12,14,18H,3-6,8,10-11,13H2,1-2H3,(H2,21,23)(H,22,24). The van der Waals surface area contributed by atoms with Gasteiger partial charge < -0.3 is 11.1 Å². The number of aryl methyl sites for hydroxylation is 1. The SMILES string of the molecule is CC(C)CCCCCNC(=O)C1CCc2cc(C(N)=O)ccc2C1. The van der Waals surface area contributed by atoms with Gasteiger partial charge in [-0.15, -0.1) is 0 Å². The first kappa shape index (κ1) is 18.5. The van der Waals surface area contributed by atoms with Crippen LogP contribution in [0.2, 0.25) is 0 Å². The lowest BCUT2D eigenvalue weighted by molar-refractivity contribution is -0.125. The van der Waals surface area contributed by atoms with Crippen molar-refractivity contribution >= 4 is 11.8 Å². The average molecular weight is 330 g/mol. The van der Waals surface area contributed by atoms with E-state index in [2.05, 4.69) is 19.2 Å². The molecule has 1 aromatic carbocycles. The normalized spacial score (nSPS) is 16.7. The third-order valence-electron chi connectivity index (χ3n) is 4.85. The van der Waals surface area contributed by atoms with Gasteiger partial charge in [-0.3, -0.25) is 9.59 Å². The monoisotopic (exact) mass is 330 g/mol. The highest BCUT2D eigenvalue weighted by molar-refractivity contribution is 5.93. The van der Waals surface area contributed by atoms with E-state index in [0.717, 1.165) is 43.7 Å². The molecule has 0 aromatic heterocycles.